The Hall–Kier alpha value is -3.32. The van der Waals surface area contributed by atoms with E-state index in [-0.39, 0.29) is 27.3 Å². The second-order valence-corrected chi connectivity index (χ2v) is 8.93. The lowest BCUT2D eigenvalue weighted by Crippen LogP contribution is -2.32. The highest BCUT2D eigenvalue weighted by molar-refractivity contribution is 6.54. The van der Waals surface area contributed by atoms with Crippen LogP contribution in [0.1, 0.15) is 21.5 Å². The number of rotatable bonds is 5. The van der Waals surface area contributed by atoms with Gasteiger partial charge in [0.1, 0.15) is 10.7 Å². The van der Waals surface area contributed by atoms with E-state index < -0.39 is 11.8 Å². The van der Waals surface area contributed by atoms with Crippen molar-refractivity contribution in [3.63, 3.8) is 0 Å². The van der Waals surface area contributed by atoms with Crippen LogP contribution < -0.4 is 15.5 Å². The molecule has 0 unspecified atom stereocenters. The van der Waals surface area contributed by atoms with Gasteiger partial charge in [-0.1, -0.05) is 58.6 Å². The SMILES string of the molecule is Cc1ccc(NC(=O)c2cccc(NC3=C(Cl)C(=O)N(c4cc(Cl)ccc4Cl)C3=O)c2)c(C)c1. The molecule has 0 aromatic heterocycles. The molecule has 4 rings (SSSR count). The number of hydrogen-bond acceptors (Lipinski definition) is 4. The maximum Gasteiger partial charge on any atom is 0.283 e. The molecule has 3 amide bonds. The van der Waals surface area contributed by atoms with Gasteiger partial charge in [-0.3, -0.25) is 14.4 Å². The second-order valence-electron chi connectivity index (χ2n) is 7.71. The van der Waals surface area contributed by atoms with Crippen molar-refractivity contribution in [3.05, 3.63) is 98.1 Å². The molecule has 3 aromatic rings. The fourth-order valence-corrected chi connectivity index (χ4v) is 4.10. The third-order valence-corrected chi connectivity index (χ3v) is 6.11. The summed E-state index contributed by atoms with van der Waals surface area (Å²) in [5, 5.41) is 5.91. The number of anilines is 3. The van der Waals surface area contributed by atoms with Gasteiger partial charge in [0.15, 0.2) is 0 Å². The fourth-order valence-electron chi connectivity index (χ4n) is 3.52. The quantitative estimate of drug-likeness (QED) is 0.392. The van der Waals surface area contributed by atoms with Gasteiger partial charge in [0.25, 0.3) is 17.7 Å². The predicted molar refractivity (Wildman–Crippen MR) is 136 cm³/mol. The van der Waals surface area contributed by atoms with Crippen molar-refractivity contribution < 1.29 is 14.4 Å². The highest BCUT2D eigenvalue weighted by Gasteiger charge is 2.40. The van der Waals surface area contributed by atoms with Gasteiger partial charge in [0.2, 0.25) is 0 Å². The van der Waals surface area contributed by atoms with Crippen molar-refractivity contribution in [2.24, 2.45) is 0 Å². The highest BCUT2D eigenvalue weighted by Crippen LogP contribution is 2.36. The summed E-state index contributed by atoms with van der Waals surface area (Å²) in [6.07, 6.45) is 0. The summed E-state index contributed by atoms with van der Waals surface area (Å²) >= 11 is 18.4. The molecule has 3 aromatic carbocycles. The topological polar surface area (TPSA) is 78.5 Å². The predicted octanol–water partition coefficient (Wildman–Crippen LogP) is 6.30. The second kappa shape index (κ2) is 9.50. The number of nitrogens with one attached hydrogen (secondary N) is 2. The lowest BCUT2D eigenvalue weighted by Gasteiger charge is -2.17. The minimum absolute atomic E-state index is 0.126. The molecule has 0 atom stereocenters. The van der Waals surface area contributed by atoms with Crippen LogP contribution in [-0.4, -0.2) is 17.7 Å². The van der Waals surface area contributed by atoms with Crippen molar-refractivity contribution >= 4 is 69.6 Å². The molecule has 0 saturated carbocycles. The molecule has 1 aliphatic rings. The van der Waals surface area contributed by atoms with E-state index in [2.05, 4.69) is 10.6 Å². The largest absolute Gasteiger partial charge is 0.350 e. The Bertz CT molecular complexity index is 1380. The summed E-state index contributed by atoms with van der Waals surface area (Å²) < 4.78 is 0. The summed E-state index contributed by atoms with van der Waals surface area (Å²) in [5.74, 6) is -1.75. The Kier molecular flexibility index (Phi) is 6.66. The molecule has 0 radical (unpaired) electrons. The molecule has 1 aliphatic heterocycles. The van der Waals surface area contributed by atoms with Gasteiger partial charge in [-0.25, -0.2) is 4.90 Å². The van der Waals surface area contributed by atoms with Crippen LogP contribution in [0.5, 0.6) is 0 Å². The molecule has 0 aliphatic carbocycles. The van der Waals surface area contributed by atoms with Gasteiger partial charge in [0.05, 0.1) is 10.7 Å². The number of benzene rings is 3. The Morgan fingerprint density at radius 1 is 0.882 bits per heavy atom. The van der Waals surface area contributed by atoms with Crippen molar-refractivity contribution in [1.29, 1.82) is 0 Å². The van der Waals surface area contributed by atoms with Crippen LogP contribution in [0.3, 0.4) is 0 Å². The van der Waals surface area contributed by atoms with E-state index in [0.29, 0.717) is 22.0 Å². The van der Waals surface area contributed by atoms with Gasteiger partial charge in [-0.15, -0.1) is 0 Å². The standard InChI is InChI=1S/C25H18Cl3N3O3/c1-13-6-9-19(14(2)10-13)30-23(32)15-4-3-5-17(11-15)29-22-21(28)24(33)31(25(22)34)20-12-16(26)7-8-18(20)27/h3-12,29H,1-2H3,(H,30,32). The molecule has 34 heavy (non-hydrogen) atoms. The fraction of sp³-hybridized carbons (Fsp3) is 0.0800. The number of carbonyl (C=O) groups is 3. The van der Waals surface area contributed by atoms with E-state index >= 15 is 0 Å². The molecule has 6 nitrogen and oxygen atoms in total. The molecular weight excluding hydrogens is 497 g/mol. The molecule has 0 spiro atoms. The summed E-state index contributed by atoms with van der Waals surface area (Å²) in [6.45, 7) is 3.89. The summed E-state index contributed by atoms with van der Waals surface area (Å²) in [6, 6.07) is 16.7. The molecule has 9 heteroatoms. The highest BCUT2D eigenvalue weighted by atomic mass is 35.5. The van der Waals surface area contributed by atoms with Crippen molar-refractivity contribution in [3.8, 4) is 0 Å². The van der Waals surface area contributed by atoms with Crippen LogP contribution in [0.2, 0.25) is 10.0 Å². The molecule has 172 valence electrons. The maximum absolute atomic E-state index is 13.0. The molecular formula is C25H18Cl3N3O3. The number of imide groups is 1. The van der Waals surface area contributed by atoms with E-state index in [4.69, 9.17) is 34.8 Å². The number of halogens is 3. The van der Waals surface area contributed by atoms with Crippen LogP contribution in [0, 0.1) is 13.8 Å². The normalized spacial score (nSPS) is 13.5. The average molecular weight is 515 g/mol. The zero-order chi connectivity index (χ0) is 24.6. The van der Waals surface area contributed by atoms with Gasteiger partial charge >= 0.3 is 0 Å². The van der Waals surface area contributed by atoms with E-state index in [0.717, 1.165) is 16.0 Å². The van der Waals surface area contributed by atoms with Crippen LogP contribution >= 0.6 is 34.8 Å². The molecule has 0 saturated heterocycles. The van der Waals surface area contributed by atoms with Crippen LogP contribution in [0.4, 0.5) is 17.1 Å². The van der Waals surface area contributed by atoms with E-state index in [1.807, 2.05) is 32.0 Å². The van der Waals surface area contributed by atoms with Gasteiger partial charge in [-0.2, -0.15) is 0 Å². The molecule has 1 heterocycles. The number of nitrogens with zero attached hydrogens (tertiary/aromatic N) is 1. The van der Waals surface area contributed by atoms with Gasteiger partial charge in [-0.05, 0) is 61.9 Å². The lowest BCUT2D eigenvalue weighted by molar-refractivity contribution is -0.120. The minimum Gasteiger partial charge on any atom is -0.350 e. The Labute approximate surface area is 211 Å². The van der Waals surface area contributed by atoms with Crippen LogP contribution in [0.15, 0.2) is 71.4 Å². The molecule has 0 fully saturated rings. The number of aryl methyl sites for hydroxylation is 2. The van der Waals surface area contributed by atoms with Crippen LogP contribution in [-0.2, 0) is 9.59 Å². The third-order valence-electron chi connectivity index (χ3n) is 5.20. The summed E-state index contributed by atoms with van der Waals surface area (Å²) in [5.41, 5.74) is 3.49. The monoisotopic (exact) mass is 513 g/mol. The molecule has 0 bridgehead atoms. The van der Waals surface area contributed by atoms with Crippen molar-refractivity contribution in [2.45, 2.75) is 13.8 Å². The smallest absolute Gasteiger partial charge is 0.283 e. The Morgan fingerprint density at radius 3 is 2.38 bits per heavy atom. The van der Waals surface area contributed by atoms with Gasteiger partial charge < -0.3 is 10.6 Å². The maximum atomic E-state index is 13.0. The van der Waals surface area contributed by atoms with Crippen molar-refractivity contribution in [2.75, 3.05) is 15.5 Å². The zero-order valence-corrected chi connectivity index (χ0v) is 20.3. The lowest BCUT2D eigenvalue weighted by atomic mass is 10.1. The van der Waals surface area contributed by atoms with E-state index in [1.54, 1.807) is 30.3 Å². The minimum atomic E-state index is -0.734. The molecule has 2 N–H and O–H groups in total. The van der Waals surface area contributed by atoms with Crippen molar-refractivity contribution in [1.82, 2.24) is 0 Å². The number of hydrogen-bond donors (Lipinski definition) is 2. The third kappa shape index (κ3) is 4.66. The number of carbonyl (C=O) groups excluding carboxylic acids is 3. The van der Waals surface area contributed by atoms with Crippen LogP contribution in [0.25, 0.3) is 0 Å². The first-order chi connectivity index (χ1) is 16.2. The first-order valence-electron chi connectivity index (χ1n) is 10.1. The average Bonchev–Trinajstić information content (AvgIpc) is 3.00. The Morgan fingerprint density at radius 2 is 1.65 bits per heavy atom. The van der Waals surface area contributed by atoms with E-state index in [1.165, 1.54) is 12.1 Å². The summed E-state index contributed by atoms with van der Waals surface area (Å²) in [4.78, 5) is 39.4. The van der Waals surface area contributed by atoms with Gasteiger partial charge in [0, 0.05) is 22.0 Å². The first-order valence-corrected chi connectivity index (χ1v) is 11.3. The summed E-state index contributed by atoms with van der Waals surface area (Å²) in [7, 11) is 0. The first kappa shape index (κ1) is 23.8. The number of amides is 3. The Balaban J connectivity index is 1.56. The van der Waals surface area contributed by atoms with E-state index in [9.17, 15) is 14.4 Å². The zero-order valence-electron chi connectivity index (χ0n) is 18.1.